The predicted octanol–water partition coefficient (Wildman–Crippen LogP) is 3.84. The van der Waals surface area contributed by atoms with Gasteiger partial charge in [-0.3, -0.25) is 4.79 Å². The quantitative estimate of drug-likeness (QED) is 0.685. The molecule has 2 fully saturated rings. The number of hydrogen-bond acceptors (Lipinski definition) is 1. The van der Waals surface area contributed by atoms with Gasteiger partial charge in [0.2, 0.25) is 0 Å². The Morgan fingerprint density at radius 3 is 2.56 bits per heavy atom. The van der Waals surface area contributed by atoms with Gasteiger partial charge in [0.05, 0.1) is 0 Å². The van der Waals surface area contributed by atoms with Crippen LogP contribution in [-0.2, 0) is 0 Å². The summed E-state index contributed by atoms with van der Waals surface area (Å²) in [6.45, 7) is 0. The first-order valence-electron chi connectivity index (χ1n) is 6.78. The molecule has 0 heterocycles. The molecule has 0 saturated heterocycles. The summed E-state index contributed by atoms with van der Waals surface area (Å²) in [6.07, 6.45) is 6.61. The molecule has 0 aliphatic heterocycles. The summed E-state index contributed by atoms with van der Waals surface area (Å²) in [6, 6.07) is 9.36. The highest BCUT2D eigenvalue weighted by Crippen LogP contribution is 2.62. The van der Waals surface area contributed by atoms with Crippen molar-refractivity contribution in [2.24, 2.45) is 11.3 Å². The molecule has 0 bridgehead atoms. The van der Waals surface area contributed by atoms with Crippen LogP contribution in [0.2, 0.25) is 0 Å². The van der Waals surface area contributed by atoms with Gasteiger partial charge < -0.3 is 0 Å². The molecule has 2 aliphatic carbocycles. The van der Waals surface area contributed by atoms with Crippen LogP contribution in [-0.4, -0.2) is 5.78 Å². The van der Waals surface area contributed by atoms with Crippen LogP contribution in [0.3, 0.4) is 0 Å². The number of carbonyl (C=O) groups is 1. The van der Waals surface area contributed by atoms with Gasteiger partial charge in [0.25, 0.3) is 0 Å². The fourth-order valence-electron chi connectivity index (χ4n) is 3.09. The van der Waals surface area contributed by atoms with E-state index in [0.717, 1.165) is 19.3 Å². The summed E-state index contributed by atoms with van der Waals surface area (Å²) >= 11 is 0. The maximum Gasteiger partial charge on any atom is 0.166 e. The van der Waals surface area contributed by atoms with Crippen LogP contribution in [0.5, 0.6) is 0 Å². The largest absolute Gasteiger partial charge is 0.294 e. The van der Waals surface area contributed by atoms with Gasteiger partial charge in [-0.25, -0.2) is 0 Å². The third-order valence-corrected chi connectivity index (χ3v) is 4.15. The lowest BCUT2D eigenvalue weighted by Crippen LogP contribution is -2.14. The average Bonchev–Trinajstić information content (AvgIpc) is 2.95. The standard InChI is InChI=1S/C15H18O/c16-14(12-7-3-1-4-8-12)13-11-15(13)9-5-2-6-10-15/h1,3-4,7-8,13H,2,5-6,9-11H2/i13D. The minimum Gasteiger partial charge on any atom is -0.294 e. The highest BCUT2D eigenvalue weighted by atomic mass is 16.1. The fraction of sp³-hybridized carbons (Fsp3) is 0.533. The van der Waals surface area contributed by atoms with Crippen LogP contribution >= 0.6 is 0 Å². The smallest absolute Gasteiger partial charge is 0.166 e. The van der Waals surface area contributed by atoms with Crippen molar-refractivity contribution in [3.63, 3.8) is 0 Å². The van der Waals surface area contributed by atoms with Crippen LogP contribution in [0, 0.1) is 11.3 Å². The van der Waals surface area contributed by atoms with E-state index in [1.165, 1.54) is 19.3 Å². The Kier molecular flexibility index (Phi) is 2.09. The van der Waals surface area contributed by atoms with Gasteiger partial charge in [-0.05, 0) is 24.7 Å². The van der Waals surface area contributed by atoms with Gasteiger partial charge in [-0.1, -0.05) is 49.6 Å². The molecule has 1 unspecified atom stereocenters. The first kappa shape index (κ1) is 8.98. The number of ketones is 1. The molecule has 0 amide bonds. The molecular formula is C15H18O. The van der Waals surface area contributed by atoms with Crippen LogP contribution in [0.15, 0.2) is 30.3 Å². The van der Waals surface area contributed by atoms with Gasteiger partial charge in [0, 0.05) is 12.8 Å². The van der Waals surface area contributed by atoms with Gasteiger partial charge in [0.15, 0.2) is 5.78 Å². The van der Waals surface area contributed by atoms with E-state index < -0.39 is 5.89 Å². The van der Waals surface area contributed by atoms with E-state index in [1.54, 1.807) is 0 Å². The molecule has 1 aromatic carbocycles. The van der Waals surface area contributed by atoms with E-state index in [4.69, 9.17) is 1.37 Å². The summed E-state index contributed by atoms with van der Waals surface area (Å²) in [5, 5.41) is 0. The maximum absolute atomic E-state index is 12.4. The van der Waals surface area contributed by atoms with Crippen molar-refractivity contribution in [3.8, 4) is 0 Å². The third-order valence-electron chi connectivity index (χ3n) is 4.15. The van der Waals surface area contributed by atoms with E-state index >= 15 is 0 Å². The Bertz CT molecular complexity index is 433. The molecule has 2 saturated carbocycles. The summed E-state index contributed by atoms with van der Waals surface area (Å²) in [5.74, 6) is -0.769. The Hall–Kier alpha value is -1.11. The van der Waals surface area contributed by atoms with E-state index in [0.29, 0.717) is 5.56 Å². The molecule has 1 atom stereocenters. The third kappa shape index (κ3) is 1.59. The SMILES string of the molecule is [2H]C1(C(=O)c2ccccc2)CC12CCCCC2. The second-order valence-electron chi connectivity index (χ2n) is 5.19. The molecule has 1 heteroatoms. The molecule has 16 heavy (non-hydrogen) atoms. The number of carbonyl (C=O) groups excluding carboxylic acids is 1. The molecule has 84 valence electrons. The molecule has 1 nitrogen and oxygen atoms in total. The zero-order chi connectivity index (χ0) is 11.9. The van der Waals surface area contributed by atoms with E-state index in [1.807, 2.05) is 30.3 Å². The molecule has 3 rings (SSSR count). The minimum absolute atomic E-state index is 0.0260. The topological polar surface area (TPSA) is 17.1 Å². The second-order valence-corrected chi connectivity index (χ2v) is 5.19. The summed E-state index contributed by atoms with van der Waals surface area (Å²) in [4.78, 5) is 12.4. The molecule has 0 N–H and O–H groups in total. The van der Waals surface area contributed by atoms with Crippen molar-refractivity contribution < 1.29 is 6.17 Å². The first-order valence-corrected chi connectivity index (χ1v) is 6.28. The van der Waals surface area contributed by atoms with Gasteiger partial charge in [-0.2, -0.15) is 0 Å². The Morgan fingerprint density at radius 1 is 1.19 bits per heavy atom. The summed E-state index contributed by atoms with van der Waals surface area (Å²) in [5.41, 5.74) is 0.739. The normalized spacial score (nSPS) is 32.1. The summed E-state index contributed by atoms with van der Waals surface area (Å²) in [7, 11) is 0. The second kappa shape index (κ2) is 3.73. The van der Waals surface area contributed by atoms with E-state index in [2.05, 4.69) is 0 Å². The van der Waals surface area contributed by atoms with Crippen molar-refractivity contribution in [1.29, 1.82) is 0 Å². The number of hydrogen-bond donors (Lipinski definition) is 0. The Morgan fingerprint density at radius 2 is 1.88 bits per heavy atom. The minimum atomic E-state index is -0.811. The average molecular weight is 215 g/mol. The lowest BCUT2D eigenvalue weighted by Gasteiger charge is -2.21. The molecule has 0 radical (unpaired) electrons. The first-order chi connectivity index (χ1) is 8.18. The van der Waals surface area contributed by atoms with E-state index in [-0.39, 0.29) is 11.2 Å². The number of Topliss-reactive ketones (excluding diaryl/α,β-unsaturated/α-hetero) is 1. The molecular weight excluding hydrogens is 196 g/mol. The predicted molar refractivity (Wildman–Crippen MR) is 64.4 cm³/mol. The molecule has 1 aromatic rings. The Balaban J connectivity index is 1.84. The van der Waals surface area contributed by atoms with Crippen molar-refractivity contribution in [3.05, 3.63) is 35.9 Å². The molecule has 2 aliphatic rings. The lowest BCUT2D eigenvalue weighted by molar-refractivity contribution is 0.0938. The van der Waals surface area contributed by atoms with Crippen LogP contribution in [0.4, 0.5) is 0 Å². The van der Waals surface area contributed by atoms with Gasteiger partial charge >= 0.3 is 0 Å². The van der Waals surface area contributed by atoms with Crippen LogP contribution in [0.1, 0.15) is 50.3 Å². The van der Waals surface area contributed by atoms with Crippen LogP contribution in [0.25, 0.3) is 0 Å². The van der Waals surface area contributed by atoms with Crippen molar-refractivity contribution in [2.45, 2.75) is 38.5 Å². The highest BCUT2D eigenvalue weighted by Gasteiger charge is 2.57. The number of benzene rings is 1. The fourth-order valence-corrected chi connectivity index (χ4v) is 3.09. The van der Waals surface area contributed by atoms with E-state index in [9.17, 15) is 4.79 Å². The van der Waals surface area contributed by atoms with Gasteiger partial charge in [-0.15, -0.1) is 0 Å². The lowest BCUT2D eigenvalue weighted by atomic mass is 9.83. The van der Waals surface area contributed by atoms with Crippen LogP contribution < -0.4 is 0 Å². The monoisotopic (exact) mass is 215 g/mol. The zero-order valence-electron chi connectivity index (χ0n) is 10.5. The Labute approximate surface area is 98.3 Å². The van der Waals surface area contributed by atoms with Gasteiger partial charge in [0.1, 0.15) is 0 Å². The number of rotatable bonds is 2. The zero-order valence-corrected chi connectivity index (χ0v) is 9.54. The van der Waals surface area contributed by atoms with Crippen molar-refractivity contribution in [1.82, 2.24) is 0 Å². The molecule has 1 spiro atoms. The molecule has 0 aromatic heterocycles. The van der Waals surface area contributed by atoms with Crippen molar-refractivity contribution in [2.75, 3.05) is 0 Å². The summed E-state index contributed by atoms with van der Waals surface area (Å²) < 4.78 is 8.48. The maximum atomic E-state index is 12.4. The highest BCUT2D eigenvalue weighted by molar-refractivity contribution is 6.00. The van der Waals surface area contributed by atoms with Crippen molar-refractivity contribution >= 4 is 5.78 Å².